The number of ether oxygens (including phenoxy) is 1. The minimum atomic E-state index is 0. The molecular formula is C16H28IN3O. The van der Waals surface area contributed by atoms with Crippen LogP contribution in [0.25, 0.3) is 0 Å². The first-order valence-corrected chi connectivity index (χ1v) is 6.98. The van der Waals surface area contributed by atoms with Gasteiger partial charge in [0.25, 0.3) is 0 Å². The molecule has 0 heterocycles. The maximum absolute atomic E-state index is 5.18. The lowest BCUT2D eigenvalue weighted by Gasteiger charge is -2.23. The Morgan fingerprint density at radius 2 is 1.62 bits per heavy atom. The second-order valence-corrected chi connectivity index (χ2v) is 5.43. The van der Waals surface area contributed by atoms with Crippen molar-refractivity contribution in [2.24, 2.45) is 4.99 Å². The van der Waals surface area contributed by atoms with E-state index in [9.17, 15) is 0 Å². The third kappa shape index (κ3) is 6.54. The fourth-order valence-electron chi connectivity index (χ4n) is 2.14. The monoisotopic (exact) mass is 405 g/mol. The van der Waals surface area contributed by atoms with Crippen LogP contribution in [0.4, 0.5) is 0 Å². The minimum Gasteiger partial charge on any atom is -0.497 e. The number of guanidine groups is 1. The van der Waals surface area contributed by atoms with Crippen molar-refractivity contribution >= 4 is 29.9 Å². The highest BCUT2D eigenvalue weighted by atomic mass is 127. The average Bonchev–Trinajstić information content (AvgIpc) is 2.42. The summed E-state index contributed by atoms with van der Waals surface area (Å²) in [4.78, 5) is 8.75. The van der Waals surface area contributed by atoms with Crippen molar-refractivity contribution in [3.63, 3.8) is 0 Å². The van der Waals surface area contributed by atoms with Crippen molar-refractivity contribution in [1.82, 2.24) is 9.80 Å². The largest absolute Gasteiger partial charge is 0.497 e. The van der Waals surface area contributed by atoms with Gasteiger partial charge in [0.2, 0.25) is 0 Å². The molecule has 0 aliphatic heterocycles. The summed E-state index contributed by atoms with van der Waals surface area (Å²) in [5.74, 6) is 2.41. The molecule has 1 atom stereocenters. The smallest absolute Gasteiger partial charge is 0.195 e. The van der Waals surface area contributed by atoms with E-state index >= 15 is 0 Å². The first-order valence-electron chi connectivity index (χ1n) is 6.98. The van der Waals surface area contributed by atoms with Gasteiger partial charge in [-0.1, -0.05) is 19.1 Å². The van der Waals surface area contributed by atoms with Crippen molar-refractivity contribution in [2.45, 2.75) is 19.3 Å². The number of halogens is 1. The summed E-state index contributed by atoms with van der Waals surface area (Å²) in [6, 6.07) is 8.29. The zero-order valence-electron chi connectivity index (χ0n) is 14.0. The maximum Gasteiger partial charge on any atom is 0.195 e. The highest BCUT2D eigenvalue weighted by molar-refractivity contribution is 14.0. The van der Waals surface area contributed by atoms with E-state index in [-0.39, 0.29) is 24.0 Å². The van der Waals surface area contributed by atoms with Gasteiger partial charge in [0.15, 0.2) is 5.96 Å². The maximum atomic E-state index is 5.18. The molecule has 120 valence electrons. The van der Waals surface area contributed by atoms with Crippen LogP contribution >= 0.6 is 24.0 Å². The first kappa shape index (κ1) is 20.0. The molecule has 0 bridgehead atoms. The molecule has 0 aliphatic carbocycles. The number of hydrogen-bond acceptors (Lipinski definition) is 2. The highest BCUT2D eigenvalue weighted by Crippen LogP contribution is 2.21. The highest BCUT2D eigenvalue weighted by Gasteiger charge is 2.07. The number of rotatable bonds is 5. The van der Waals surface area contributed by atoms with Gasteiger partial charge in [0.1, 0.15) is 5.75 Å². The fraction of sp³-hybridized carbons (Fsp3) is 0.562. The summed E-state index contributed by atoms with van der Waals surface area (Å²) < 4.78 is 5.18. The molecule has 5 heteroatoms. The molecule has 1 aromatic rings. The van der Waals surface area contributed by atoms with E-state index in [0.717, 1.165) is 24.7 Å². The van der Waals surface area contributed by atoms with E-state index in [2.05, 4.69) is 24.0 Å². The molecule has 0 N–H and O–H groups in total. The lowest BCUT2D eigenvalue weighted by molar-refractivity contribution is 0.414. The second kappa shape index (κ2) is 9.87. The molecule has 0 amide bonds. The Bertz CT molecular complexity index is 420. The Hall–Kier alpha value is -0.980. The van der Waals surface area contributed by atoms with Gasteiger partial charge in [0, 0.05) is 34.7 Å². The zero-order chi connectivity index (χ0) is 15.1. The molecule has 0 fully saturated rings. The first-order chi connectivity index (χ1) is 9.45. The van der Waals surface area contributed by atoms with Gasteiger partial charge in [-0.15, -0.1) is 24.0 Å². The predicted molar refractivity (Wildman–Crippen MR) is 101 cm³/mol. The van der Waals surface area contributed by atoms with Gasteiger partial charge in [0.05, 0.1) is 7.11 Å². The Balaban J connectivity index is 0.00000400. The zero-order valence-corrected chi connectivity index (χ0v) is 16.3. The summed E-state index contributed by atoms with van der Waals surface area (Å²) in [6.07, 6.45) is 1.04. The van der Waals surface area contributed by atoms with Gasteiger partial charge in [-0.05, 0) is 30.0 Å². The van der Waals surface area contributed by atoms with Gasteiger partial charge >= 0.3 is 0 Å². The van der Waals surface area contributed by atoms with E-state index in [1.54, 1.807) is 7.11 Å². The van der Waals surface area contributed by atoms with Gasteiger partial charge in [-0.3, -0.25) is 4.99 Å². The lowest BCUT2D eigenvalue weighted by Crippen LogP contribution is -2.35. The van der Waals surface area contributed by atoms with Crippen LogP contribution < -0.4 is 4.74 Å². The van der Waals surface area contributed by atoms with Crippen LogP contribution in [0.2, 0.25) is 0 Å². The van der Waals surface area contributed by atoms with E-state index in [1.807, 2.05) is 50.1 Å². The van der Waals surface area contributed by atoms with Crippen molar-refractivity contribution in [3.05, 3.63) is 29.8 Å². The minimum absolute atomic E-state index is 0. The molecule has 0 saturated heterocycles. The van der Waals surface area contributed by atoms with Crippen LogP contribution in [0.1, 0.15) is 24.8 Å². The number of hydrogen-bond donors (Lipinski definition) is 0. The second-order valence-electron chi connectivity index (χ2n) is 5.43. The third-order valence-electron chi connectivity index (χ3n) is 3.30. The van der Waals surface area contributed by atoms with Crippen molar-refractivity contribution < 1.29 is 4.74 Å². The normalized spacial score (nSPS) is 11.1. The van der Waals surface area contributed by atoms with Gasteiger partial charge < -0.3 is 14.5 Å². The van der Waals surface area contributed by atoms with Crippen LogP contribution in [-0.4, -0.2) is 57.6 Å². The molecule has 1 rings (SSSR count). The summed E-state index contributed by atoms with van der Waals surface area (Å²) in [5.41, 5.74) is 1.33. The fourth-order valence-corrected chi connectivity index (χ4v) is 2.14. The third-order valence-corrected chi connectivity index (χ3v) is 3.30. The van der Waals surface area contributed by atoms with Crippen LogP contribution in [0.15, 0.2) is 29.3 Å². The summed E-state index contributed by atoms with van der Waals surface area (Å²) in [5, 5.41) is 0. The predicted octanol–water partition coefficient (Wildman–Crippen LogP) is 3.29. The molecule has 4 nitrogen and oxygen atoms in total. The van der Waals surface area contributed by atoms with Crippen LogP contribution in [0.5, 0.6) is 5.75 Å². The van der Waals surface area contributed by atoms with Crippen molar-refractivity contribution in [3.8, 4) is 5.75 Å². The number of nitrogens with zero attached hydrogens (tertiary/aromatic N) is 3. The van der Waals surface area contributed by atoms with E-state index in [0.29, 0.717) is 5.92 Å². The molecule has 1 aromatic carbocycles. The van der Waals surface area contributed by atoms with Crippen LogP contribution in [-0.2, 0) is 0 Å². The number of aliphatic imine (C=N–C) groups is 1. The molecule has 1 unspecified atom stereocenters. The van der Waals surface area contributed by atoms with Gasteiger partial charge in [-0.2, -0.15) is 0 Å². The molecule has 0 aromatic heterocycles. The molecule has 0 radical (unpaired) electrons. The number of benzene rings is 1. The average molecular weight is 405 g/mol. The lowest BCUT2D eigenvalue weighted by atomic mass is 9.98. The standard InChI is InChI=1S/C16H27N3O.HI/c1-13(14-7-9-15(20-6)10-8-14)11-12-17-16(18(2)3)19(4)5;/h7-10,13H,11-12H2,1-6H3;1H. The Morgan fingerprint density at radius 1 is 1.10 bits per heavy atom. The molecule has 0 spiro atoms. The molecule has 21 heavy (non-hydrogen) atoms. The van der Waals surface area contributed by atoms with Crippen molar-refractivity contribution in [1.29, 1.82) is 0 Å². The SMILES string of the molecule is COc1ccc(C(C)CCN=C(N(C)C)N(C)C)cc1.I. The van der Waals surface area contributed by atoms with E-state index in [4.69, 9.17) is 4.74 Å². The van der Waals surface area contributed by atoms with Crippen molar-refractivity contribution in [2.75, 3.05) is 41.8 Å². The number of methoxy groups -OCH3 is 1. The van der Waals surface area contributed by atoms with Crippen LogP contribution in [0, 0.1) is 0 Å². The van der Waals surface area contributed by atoms with Gasteiger partial charge in [-0.25, -0.2) is 0 Å². The van der Waals surface area contributed by atoms with E-state index < -0.39 is 0 Å². The van der Waals surface area contributed by atoms with Crippen LogP contribution in [0.3, 0.4) is 0 Å². The molecule has 0 saturated carbocycles. The molecule has 0 aliphatic rings. The summed E-state index contributed by atoms with van der Waals surface area (Å²) in [6.45, 7) is 3.07. The topological polar surface area (TPSA) is 28.1 Å². The summed E-state index contributed by atoms with van der Waals surface area (Å²) in [7, 11) is 9.77. The quantitative estimate of drug-likeness (QED) is 0.428. The Morgan fingerprint density at radius 3 is 2.05 bits per heavy atom. The van der Waals surface area contributed by atoms with E-state index in [1.165, 1.54) is 5.56 Å². The molecular weight excluding hydrogens is 377 g/mol. The summed E-state index contributed by atoms with van der Waals surface area (Å²) >= 11 is 0. The Kier molecular flexibility index (Phi) is 9.41. The Labute approximate surface area is 146 Å².